The number of halogens is 2. The van der Waals surface area contributed by atoms with Crippen molar-refractivity contribution in [2.75, 3.05) is 0 Å². The second kappa shape index (κ2) is 11.3. The number of nitrogens with one attached hydrogen (secondary N) is 1. The Bertz CT molecular complexity index is 792. The van der Waals surface area contributed by atoms with E-state index in [1.807, 2.05) is 25.1 Å². The lowest BCUT2D eigenvalue weighted by Gasteiger charge is -2.12. The summed E-state index contributed by atoms with van der Waals surface area (Å²) in [6.07, 6.45) is 8.95. The minimum atomic E-state index is 0.262. The number of allylic oxidation sites excluding steroid dienone is 1. The number of aryl methyl sites for hydroxylation is 1. The molecule has 1 amide bonds. The van der Waals surface area contributed by atoms with Gasteiger partial charge in [-0.3, -0.25) is 4.79 Å². The fourth-order valence-corrected chi connectivity index (χ4v) is 3.38. The van der Waals surface area contributed by atoms with Gasteiger partial charge in [0.05, 0.1) is 0 Å². The smallest absolute Gasteiger partial charge is 0.207 e. The molecule has 0 saturated heterocycles. The Morgan fingerprint density at radius 1 is 1.14 bits per heavy atom. The average Bonchev–Trinajstić information content (AvgIpc) is 3.43. The largest absolute Gasteiger partial charge is 0.355 e. The van der Waals surface area contributed by atoms with E-state index in [1.165, 1.54) is 12.8 Å². The highest BCUT2D eigenvalue weighted by molar-refractivity contribution is 6.34. The SMILES string of the molecule is CC1CC1.CCC(/C=C/c1ccc(CNC=O)c(C)c1)c1cc(Cl)cc(Cl)c1. The standard InChI is InChI=1S/C20H21Cl2NO.C4H8/c1-3-16(18-9-19(21)11-20(22)10-18)6-4-15-5-7-17(12-23-13-24)14(2)8-15;1-4-2-3-4/h4-11,13,16H,3,12H2,1-2H3,(H,23,24);4H,2-3H2,1H3/b6-4+;. The molecule has 1 saturated carbocycles. The maximum Gasteiger partial charge on any atom is 0.207 e. The molecule has 28 heavy (non-hydrogen) atoms. The molecule has 1 aliphatic carbocycles. The summed E-state index contributed by atoms with van der Waals surface area (Å²) < 4.78 is 0. The molecule has 4 heteroatoms. The van der Waals surface area contributed by atoms with Crippen LogP contribution >= 0.6 is 23.2 Å². The number of hydrogen-bond acceptors (Lipinski definition) is 1. The van der Waals surface area contributed by atoms with Crippen LogP contribution in [0.3, 0.4) is 0 Å². The first kappa shape index (κ1) is 22.5. The van der Waals surface area contributed by atoms with E-state index in [9.17, 15) is 4.79 Å². The summed E-state index contributed by atoms with van der Waals surface area (Å²) in [5, 5.41) is 4.01. The fourth-order valence-electron chi connectivity index (χ4n) is 2.84. The molecule has 2 aromatic carbocycles. The van der Waals surface area contributed by atoms with Crippen LogP contribution in [0.15, 0.2) is 42.5 Å². The van der Waals surface area contributed by atoms with Gasteiger partial charge in [0.25, 0.3) is 0 Å². The van der Waals surface area contributed by atoms with Crippen LogP contribution in [-0.2, 0) is 11.3 Å². The highest BCUT2D eigenvalue weighted by atomic mass is 35.5. The third-order valence-electron chi connectivity index (χ3n) is 4.88. The summed E-state index contributed by atoms with van der Waals surface area (Å²) in [5.41, 5.74) is 4.53. The van der Waals surface area contributed by atoms with E-state index in [4.69, 9.17) is 23.2 Å². The lowest BCUT2D eigenvalue weighted by atomic mass is 9.95. The van der Waals surface area contributed by atoms with Crippen LogP contribution in [0.2, 0.25) is 10.0 Å². The van der Waals surface area contributed by atoms with Crippen LogP contribution in [0.1, 0.15) is 61.3 Å². The van der Waals surface area contributed by atoms with Gasteiger partial charge < -0.3 is 5.32 Å². The Morgan fingerprint density at radius 2 is 1.79 bits per heavy atom. The van der Waals surface area contributed by atoms with Gasteiger partial charge in [0.1, 0.15) is 0 Å². The van der Waals surface area contributed by atoms with E-state index in [2.05, 4.69) is 43.4 Å². The van der Waals surface area contributed by atoms with Gasteiger partial charge in [0.15, 0.2) is 0 Å². The Hall–Kier alpha value is -1.77. The third-order valence-corrected chi connectivity index (χ3v) is 5.32. The Morgan fingerprint density at radius 3 is 2.29 bits per heavy atom. The molecule has 3 rings (SSSR count). The van der Waals surface area contributed by atoms with Crippen molar-refractivity contribution < 1.29 is 4.79 Å². The minimum Gasteiger partial charge on any atom is -0.355 e. The van der Waals surface area contributed by atoms with Crippen LogP contribution < -0.4 is 5.32 Å². The van der Waals surface area contributed by atoms with E-state index in [0.717, 1.165) is 41.0 Å². The van der Waals surface area contributed by atoms with Gasteiger partial charge in [-0.2, -0.15) is 0 Å². The lowest BCUT2D eigenvalue weighted by molar-refractivity contribution is -0.109. The fraction of sp³-hybridized carbons (Fsp3) is 0.375. The number of hydrogen-bond donors (Lipinski definition) is 1. The van der Waals surface area contributed by atoms with Gasteiger partial charge in [-0.05, 0) is 59.7 Å². The van der Waals surface area contributed by atoms with Crippen LogP contribution in [-0.4, -0.2) is 6.41 Å². The zero-order valence-electron chi connectivity index (χ0n) is 16.8. The lowest BCUT2D eigenvalue weighted by Crippen LogP contribution is -2.10. The number of carbonyl (C=O) groups excluding carboxylic acids is 1. The van der Waals surface area contributed by atoms with Crippen molar-refractivity contribution in [2.24, 2.45) is 5.92 Å². The maximum atomic E-state index is 10.4. The number of rotatable bonds is 7. The van der Waals surface area contributed by atoms with Crippen molar-refractivity contribution in [2.45, 2.75) is 52.5 Å². The van der Waals surface area contributed by atoms with Gasteiger partial charge in [0, 0.05) is 22.5 Å². The van der Waals surface area contributed by atoms with Gasteiger partial charge in [-0.1, -0.05) is 80.2 Å². The molecule has 0 aliphatic heterocycles. The Kier molecular flexibility index (Phi) is 9.08. The zero-order chi connectivity index (χ0) is 20.5. The normalized spacial score (nSPS) is 14.3. The van der Waals surface area contributed by atoms with E-state index < -0.39 is 0 Å². The Labute approximate surface area is 178 Å². The maximum absolute atomic E-state index is 10.4. The Balaban J connectivity index is 0.000000620. The molecule has 1 fully saturated rings. The van der Waals surface area contributed by atoms with Crippen molar-refractivity contribution in [3.05, 3.63) is 74.8 Å². The molecule has 2 aromatic rings. The van der Waals surface area contributed by atoms with Crippen molar-refractivity contribution >= 4 is 35.7 Å². The summed E-state index contributed by atoms with van der Waals surface area (Å²) >= 11 is 12.2. The summed E-state index contributed by atoms with van der Waals surface area (Å²) in [6.45, 7) is 7.02. The predicted molar refractivity (Wildman–Crippen MR) is 121 cm³/mol. The van der Waals surface area contributed by atoms with Gasteiger partial charge in [0.2, 0.25) is 6.41 Å². The van der Waals surface area contributed by atoms with E-state index >= 15 is 0 Å². The molecule has 1 atom stereocenters. The predicted octanol–water partition coefficient (Wildman–Crippen LogP) is 7.17. The van der Waals surface area contributed by atoms with Crippen LogP contribution in [0, 0.1) is 12.8 Å². The molecule has 0 radical (unpaired) electrons. The molecule has 0 aromatic heterocycles. The molecule has 0 heterocycles. The second-order valence-electron chi connectivity index (χ2n) is 7.44. The number of carbonyl (C=O) groups is 1. The molecule has 0 bridgehead atoms. The summed E-state index contributed by atoms with van der Waals surface area (Å²) in [4.78, 5) is 10.4. The molecular weight excluding hydrogens is 389 g/mol. The molecule has 0 spiro atoms. The van der Waals surface area contributed by atoms with Gasteiger partial charge in [-0.25, -0.2) is 0 Å². The van der Waals surface area contributed by atoms with E-state index in [1.54, 1.807) is 6.07 Å². The quantitative estimate of drug-likeness (QED) is 0.475. The van der Waals surface area contributed by atoms with Crippen molar-refractivity contribution in [1.29, 1.82) is 0 Å². The molecule has 2 nitrogen and oxygen atoms in total. The first-order valence-electron chi connectivity index (χ1n) is 9.83. The average molecular weight is 418 g/mol. The number of amides is 1. The minimum absolute atomic E-state index is 0.262. The molecule has 150 valence electrons. The highest BCUT2D eigenvalue weighted by Crippen LogP contribution is 2.28. The topological polar surface area (TPSA) is 29.1 Å². The number of benzene rings is 2. The van der Waals surface area contributed by atoms with Crippen LogP contribution in [0.25, 0.3) is 6.08 Å². The molecule has 1 N–H and O–H groups in total. The third kappa shape index (κ3) is 7.69. The summed E-state index contributed by atoms with van der Waals surface area (Å²) in [5.74, 6) is 1.35. The van der Waals surface area contributed by atoms with Crippen LogP contribution in [0.4, 0.5) is 0 Å². The second-order valence-corrected chi connectivity index (χ2v) is 8.32. The van der Waals surface area contributed by atoms with Gasteiger partial charge in [-0.15, -0.1) is 0 Å². The van der Waals surface area contributed by atoms with E-state index in [0.29, 0.717) is 16.6 Å². The molecular formula is C24H29Cl2NO. The van der Waals surface area contributed by atoms with Crippen molar-refractivity contribution in [3.8, 4) is 0 Å². The monoisotopic (exact) mass is 417 g/mol. The highest BCUT2D eigenvalue weighted by Gasteiger charge is 2.12. The van der Waals surface area contributed by atoms with E-state index in [-0.39, 0.29) is 5.92 Å². The first-order valence-corrected chi connectivity index (χ1v) is 10.6. The first-order chi connectivity index (χ1) is 13.4. The van der Waals surface area contributed by atoms with Crippen molar-refractivity contribution in [3.63, 3.8) is 0 Å². The van der Waals surface area contributed by atoms with Gasteiger partial charge >= 0.3 is 0 Å². The molecule has 1 aliphatic rings. The zero-order valence-corrected chi connectivity index (χ0v) is 18.4. The molecule has 1 unspecified atom stereocenters. The summed E-state index contributed by atoms with van der Waals surface area (Å²) in [6, 6.07) is 11.9. The summed E-state index contributed by atoms with van der Waals surface area (Å²) in [7, 11) is 0. The van der Waals surface area contributed by atoms with Crippen LogP contribution in [0.5, 0.6) is 0 Å². The van der Waals surface area contributed by atoms with Crippen molar-refractivity contribution in [1.82, 2.24) is 5.32 Å².